The highest BCUT2D eigenvalue weighted by Gasteiger charge is 2.19. The van der Waals surface area contributed by atoms with Crippen LogP contribution in [0.2, 0.25) is 0 Å². The molecule has 0 aromatic rings. The molecule has 0 N–H and O–H groups in total. The van der Waals surface area contributed by atoms with Crippen LogP contribution in [0.4, 0.5) is 0 Å². The minimum atomic E-state index is -0.763. The van der Waals surface area contributed by atoms with Gasteiger partial charge in [-0.1, -0.05) is 311 Å². The van der Waals surface area contributed by atoms with Gasteiger partial charge in [-0.3, -0.25) is 14.4 Å². The zero-order valence-corrected chi connectivity index (χ0v) is 46.7. The van der Waals surface area contributed by atoms with Crippen LogP contribution in [-0.4, -0.2) is 37.2 Å². The van der Waals surface area contributed by atoms with Gasteiger partial charge in [0, 0.05) is 19.3 Å². The zero-order valence-electron chi connectivity index (χ0n) is 46.7. The molecule has 2 atom stereocenters. The average Bonchev–Trinajstić information content (AvgIpc) is 3.32. The van der Waals surface area contributed by atoms with Crippen molar-refractivity contribution in [3.63, 3.8) is 0 Å². The molecule has 0 saturated heterocycles. The van der Waals surface area contributed by atoms with E-state index >= 15 is 0 Å². The second-order valence-electron chi connectivity index (χ2n) is 22.1. The van der Waals surface area contributed by atoms with E-state index in [1.807, 2.05) is 0 Å². The summed E-state index contributed by atoms with van der Waals surface area (Å²) in [5.74, 6) is 0.887. The van der Waals surface area contributed by atoms with E-state index in [1.165, 1.54) is 238 Å². The Balaban J connectivity index is 4.29. The van der Waals surface area contributed by atoms with E-state index < -0.39 is 6.10 Å². The lowest BCUT2D eigenvalue weighted by Gasteiger charge is -2.18. The van der Waals surface area contributed by atoms with Crippen LogP contribution in [0.3, 0.4) is 0 Å². The number of hydrogen-bond acceptors (Lipinski definition) is 6. The molecule has 0 radical (unpaired) electrons. The number of esters is 3. The smallest absolute Gasteiger partial charge is 0.306 e. The first-order valence-electron chi connectivity index (χ1n) is 30.8. The molecule has 0 aromatic carbocycles. The quantitative estimate of drug-likeness (QED) is 0.0343. The van der Waals surface area contributed by atoms with Gasteiger partial charge in [0.1, 0.15) is 13.2 Å². The minimum absolute atomic E-state index is 0.0623. The van der Waals surface area contributed by atoms with Gasteiger partial charge >= 0.3 is 17.9 Å². The van der Waals surface area contributed by atoms with Gasteiger partial charge in [-0.05, 0) is 31.1 Å². The van der Waals surface area contributed by atoms with Gasteiger partial charge in [0.15, 0.2) is 6.10 Å². The molecule has 0 aromatic heterocycles. The van der Waals surface area contributed by atoms with Crippen LogP contribution in [0.1, 0.15) is 349 Å². The first-order chi connectivity index (χ1) is 33.3. The third kappa shape index (κ3) is 53.8. The summed E-state index contributed by atoms with van der Waals surface area (Å²) in [6, 6.07) is 0. The fraction of sp³-hybridized carbons (Fsp3) is 0.952. The van der Waals surface area contributed by atoms with Crippen molar-refractivity contribution in [3.05, 3.63) is 0 Å². The van der Waals surface area contributed by atoms with Crippen LogP contribution in [0.5, 0.6) is 0 Å². The molecule has 0 rings (SSSR count). The Morgan fingerprint density at radius 2 is 0.559 bits per heavy atom. The van der Waals surface area contributed by atoms with E-state index in [9.17, 15) is 14.4 Å². The zero-order chi connectivity index (χ0) is 49.6. The predicted molar refractivity (Wildman–Crippen MR) is 293 cm³/mol. The standard InChI is InChI=1S/C62H120O6/c1-6-8-9-10-11-12-13-14-15-16-17-18-23-28-34-39-44-49-54-62(65)68-59(56-67-61(64)53-48-43-38-33-29-24-25-30-35-40-45-50-57(3)4)55-66-60(63)52-47-42-37-32-27-22-20-19-21-26-31-36-41-46-51-58(5)7-2/h57-59H,6-56H2,1-5H3/t58?,59-/m1/s1. The van der Waals surface area contributed by atoms with Gasteiger partial charge in [-0.2, -0.15) is 0 Å². The predicted octanol–water partition coefficient (Wildman–Crippen LogP) is 20.4. The summed E-state index contributed by atoms with van der Waals surface area (Å²) in [4.78, 5) is 38.2. The Hall–Kier alpha value is -1.59. The Bertz CT molecular complexity index is 1040. The highest BCUT2D eigenvalue weighted by Crippen LogP contribution is 2.19. The molecule has 0 fully saturated rings. The number of carbonyl (C=O) groups excluding carboxylic acids is 3. The molecule has 1 unspecified atom stereocenters. The van der Waals surface area contributed by atoms with Crippen molar-refractivity contribution in [2.45, 2.75) is 355 Å². The minimum Gasteiger partial charge on any atom is -0.462 e. The fourth-order valence-corrected chi connectivity index (χ4v) is 9.55. The maximum absolute atomic E-state index is 12.9. The number of carbonyl (C=O) groups is 3. The molecule has 0 heterocycles. The van der Waals surface area contributed by atoms with E-state index in [2.05, 4.69) is 34.6 Å². The van der Waals surface area contributed by atoms with E-state index in [1.54, 1.807) is 0 Å². The van der Waals surface area contributed by atoms with Crippen molar-refractivity contribution in [2.24, 2.45) is 11.8 Å². The molecule has 0 spiro atoms. The number of unbranched alkanes of at least 4 members (excludes halogenated alkanes) is 40. The summed E-state index contributed by atoms with van der Waals surface area (Å²) in [5, 5.41) is 0. The largest absolute Gasteiger partial charge is 0.462 e. The van der Waals surface area contributed by atoms with Crippen molar-refractivity contribution >= 4 is 17.9 Å². The van der Waals surface area contributed by atoms with E-state index in [0.29, 0.717) is 19.3 Å². The molecule has 68 heavy (non-hydrogen) atoms. The molecule has 0 aliphatic heterocycles. The second kappa shape index (κ2) is 54.7. The van der Waals surface area contributed by atoms with E-state index in [4.69, 9.17) is 14.2 Å². The van der Waals surface area contributed by atoms with Gasteiger partial charge in [0.05, 0.1) is 0 Å². The maximum atomic E-state index is 12.9. The summed E-state index contributed by atoms with van der Waals surface area (Å²) >= 11 is 0. The number of ether oxygens (including phenoxy) is 3. The van der Waals surface area contributed by atoms with Crippen molar-refractivity contribution in [2.75, 3.05) is 13.2 Å². The molecule has 0 aliphatic rings. The normalized spacial score (nSPS) is 12.4. The lowest BCUT2D eigenvalue weighted by atomic mass is 9.99. The van der Waals surface area contributed by atoms with E-state index in [-0.39, 0.29) is 31.1 Å². The number of hydrogen-bond donors (Lipinski definition) is 0. The molecular weight excluding hydrogens is 841 g/mol. The third-order valence-electron chi connectivity index (χ3n) is 14.6. The molecule has 0 saturated carbocycles. The van der Waals surface area contributed by atoms with Crippen LogP contribution in [-0.2, 0) is 28.6 Å². The van der Waals surface area contributed by atoms with Crippen LogP contribution >= 0.6 is 0 Å². The highest BCUT2D eigenvalue weighted by atomic mass is 16.6. The lowest BCUT2D eigenvalue weighted by Crippen LogP contribution is -2.30. The molecule has 0 amide bonds. The van der Waals surface area contributed by atoms with Crippen LogP contribution in [0.15, 0.2) is 0 Å². The highest BCUT2D eigenvalue weighted by molar-refractivity contribution is 5.71. The summed E-state index contributed by atoms with van der Waals surface area (Å²) in [6.45, 7) is 11.5. The van der Waals surface area contributed by atoms with Crippen LogP contribution < -0.4 is 0 Å². The lowest BCUT2D eigenvalue weighted by molar-refractivity contribution is -0.167. The molecule has 6 heteroatoms. The fourth-order valence-electron chi connectivity index (χ4n) is 9.55. The Morgan fingerprint density at radius 3 is 0.838 bits per heavy atom. The summed E-state index contributed by atoms with van der Waals surface area (Å²) in [5.41, 5.74) is 0. The van der Waals surface area contributed by atoms with Gasteiger partial charge in [0.25, 0.3) is 0 Å². The van der Waals surface area contributed by atoms with Gasteiger partial charge in [-0.15, -0.1) is 0 Å². The van der Waals surface area contributed by atoms with Crippen LogP contribution in [0.25, 0.3) is 0 Å². The number of rotatable bonds is 56. The Kier molecular flexibility index (Phi) is 53.5. The van der Waals surface area contributed by atoms with E-state index in [0.717, 1.165) is 69.6 Å². The molecule has 404 valence electrons. The SMILES string of the molecule is CCCCCCCCCCCCCCCCCCCCC(=O)O[C@H](COC(=O)CCCCCCCCCCCCCCCCC(C)CC)COC(=O)CCCCCCCCCCCCCC(C)C. The van der Waals surface area contributed by atoms with Crippen molar-refractivity contribution in [1.82, 2.24) is 0 Å². The van der Waals surface area contributed by atoms with Crippen molar-refractivity contribution in [3.8, 4) is 0 Å². The Morgan fingerprint density at radius 1 is 0.309 bits per heavy atom. The van der Waals surface area contributed by atoms with Crippen molar-refractivity contribution in [1.29, 1.82) is 0 Å². The first-order valence-corrected chi connectivity index (χ1v) is 30.8. The molecular formula is C62H120O6. The van der Waals surface area contributed by atoms with Gasteiger partial charge in [0.2, 0.25) is 0 Å². The monoisotopic (exact) mass is 961 g/mol. The Labute approximate surface area is 425 Å². The third-order valence-corrected chi connectivity index (χ3v) is 14.6. The average molecular weight is 962 g/mol. The van der Waals surface area contributed by atoms with Crippen LogP contribution in [0, 0.1) is 11.8 Å². The topological polar surface area (TPSA) is 78.9 Å². The maximum Gasteiger partial charge on any atom is 0.306 e. The summed E-state index contributed by atoms with van der Waals surface area (Å²) in [6.07, 6.45) is 59.5. The van der Waals surface area contributed by atoms with Gasteiger partial charge in [-0.25, -0.2) is 0 Å². The second-order valence-corrected chi connectivity index (χ2v) is 22.1. The summed E-state index contributed by atoms with van der Waals surface area (Å²) in [7, 11) is 0. The van der Waals surface area contributed by atoms with Crippen molar-refractivity contribution < 1.29 is 28.6 Å². The molecule has 0 bridgehead atoms. The van der Waals surface area contributed by atoms with Gasteiger partial charge < -0.3 is 14.2 Å². The molecule has 6 nitrogen and oxygen atoms in total. The molecule has 0 aliphatic carbocycles. The summed E-state index contributed by atoms with van der Waals surface area (Å²) < 4.78 is 16.9. The first kappa shape index (κ1) is 66.4.